The number of nitrogens with zero attached hydrogens (tertiary/aromatic N) is 3. The van der Waals surface area contributed by atoms with E-state index in [-0.39, 0.29) is 0 Å². The van der Waals surface area contributed by atoms with Crippen molar-refractivity contribution in [3.05, 3.63) is 60.0 Å². The van der Waals surface area contributed by atoms with Gasteiger partial charge in [0.15, 0.2) is 9.73 Å². The van der Waals surface area contributed by atoms with Gasteiger partial charge in [0.05, 0.1) is 16.1 Å². The van der Waals surface area contributed by atoms with Crippen molar-refractivity contribution in [1.82, 2.24) is 10.1 Å². The van der Waals surface area contributed by atoms with Gasteiger partial charge in [-0.05, 0) is 24.3 Å². The van der Waals surface area contributed by atoms with Crippen molar-refractivity contribution in [2.75, 3.05) is 0 Å². The Hall–Kier alpha value is -3.03. The zero-order chi connectivity index (χ0) is 22.3. The summed E-state index contributed by atoms with van der Waals surface area (Å²) in [5, 5.41) is 2.95. The van der Waals surface area contributed by atoms with Crippen LogP contribution in [0.15, 0.2) is 56.2 Å². The first-order valence-corrected chi connectivity index (χ1v) is 9.13. The standard InChI is InChI=1S/C16H7F8N3O2S/c17-10-3-1-2-4-12(10)30(28,16(22,23)24)27-8-5-6-9(11(18)7-8)13-25-14(29-26-13)15(19,20)21/h1-7H. The molecule has 30 heavy (non-hydrogen) atoms. The maximum absolute atomic E-state index is 14.3. The molecular weight excluding hydrogens is 450 g/mol. The Morgan fingerprint density at radius 3 is 2.13 bits per heavy atom. The lowest BCUT2D eigenvalue weighted by molar-refractivity contribution is -0.159. The number of hydrogen-bond donors (Lipinski definition) is 0. The Bertz CT molecular complexity index is 1210. The van der Waals surface area contributed by atoms with E-state index in [4.69, 9.17) is 0 Å². The molecule has 3 rings (SSSR count). The second-order valence-corrected chi connectivity index (χ2v) is 7.72. The smallest absolute Gasteiger partial charge is 0.329 e. The topological polar surface area (TPSA) is 68.3 Å². The Morgan fingerprint density at radius 2 is 1.60 bits per heavy atom. The number of benzene rings is 2. The van der Waals surface area contributed by atoms with E-state index in [9.17, 15) is 39.3 Å². The van der Waals surface area contributed by atoms with E-state index in [1.807, 2.05) is 0 Å². The molecule has 2 aromatic carbocycles. The monoisotopic (exact) mass is 457 g/mol. The molecule has 0 spiro atoms. The molecule has 0 aliphatic carbocycles. The summed E-state index contributed by atoms with van der Waals surface area (Å²) in [7, 11) is -5.39. The molecular formula is C16H7F8N3O2S. The van der Waals surface area contributed by atoms with E-state index < -0.39 is 60.9 Å². The molecule has 0 aliphatic rings. The average molecular weight is 457 g/mol. The van der Waals surface area contributed by atoms with Crippen molar-refractivity contribution < 1.29 is 43.9 Å². The fourth-order valence-corrected chi connectivity index (χ4v) is 3.69. The summed E-state index contributed by atoms with van der Waals surface area (Å²) in [5.41, 5.74) is -6.96. The van der Waals surface area contributed by atoms with Gasteiger partial charge in [-0.2, -0.15) is 35.7 Å². The minimum Gasteiger partial charge on any atom is -0.329 e. The van der Waals surface area contributed by atoms with Gasteiger partial charge in [0.1, 0.15) is 11.6 Å². The third kappa shape index (κ3) is 3.99. The molecule has 1 unspecified atom stereocenters. The zero-order valence-corrected chi connectivity index (χ0v) is 14.9. The summed E-state index contributed by atoms with van der Waals surface area (Å²) in [6.07, 6.45) is -4.99. The van der Waals surface area contributed by atoms with Gasteiger partial charge in [0.2, 0.25) is 5.82 Å². The molecule has 0 saturated heterocycles. The first kappa shape index (κ1) is 21.7. The van der Waals surface area contributed by atoms with Crippen LogP contribution in [0, 0.1) is 11.6 Å². The Balaban J connectivity index is 2.11. The van der Waals surface area contributed by atoms with Crippen molar-refractivity contribution in [3.63, 3.8) is 0 Å². The normalized spacial score (nSPS) is 14.4. The van der Waals surface area contributed by atoms with Crippen LogP contribution < -0.4 is 0 Å². The molecule has 0 bridgehead atoms. The van der Waals surface area contributed by atoms with Gasteiger partial charge < -0.3 is 4.52 Å². The molecule has 1 heterocycles. The SMILES string of the molecule is O=S(=Nc1ccc(-c2noc(C(F)(F)F)n2)c(F)c1)(c1ccccc1F)C(F)(F)F. The highest BCUT2D eigenvalue weighted by atomic mass is 32.2. The highest BCUT2D eigenvalue weighted by Crippen LogP contribution is 2.37. The van der Waals surface area contributed by atoms with Crippen LogP contribution in [0.25, 0.3) is 11.4 Å². The number of alkyl halides is 6. The van der Waals surface area contributed by atoms with Crippen molar-refractivity contribution in [1.29, 1.82) is 0 Å². The Labute approximate surface area is 162 Å². The highest BCUT2D eigenvalue weighted by molar-refractivity contribution is 7.94. The van der Waals surface area contributed by atoms with Crippen LogP contribution in [0.1, 0.15) is 5.89 Å². The minimum atomic E-state index is -5.51. The molecule has 3 aromatic rings. The van der Waals surface area contributed by atoms with Crippen LogP contribution in [0.4, 0.5) is 40.8 Å². The van der Waals surface area contributed by atoms with Crippen LogP contribution >= 0.6 is 0 Å². The quantitative estimate of drug-likeness (QED) is 0.473. The number of hydrogen-bond acceptors (Lipinski definition) is 5. The first-order chi connectivity index (χ1) is 13.8. The fraction of sp³-hybridized carbons (Fsp3) is 0.125. The molecule has 14 heteroatoms. The van der Waals surface area contributed by atoms with E-state index in [1.165, 1.54) is 0 Å². The molecule has 1 atom stereocenters. The molecule has 0 N–H and O–H groups in total. The predicted molar refractivity (Wildman–Crippen MR) is 85.6 cm³/mol. The van der Waals surface area contributed by atoms with Crippen LogP contribution in [0.5, 0.6) is 0 Å². The highest BCUT2D eigenvalue weighted by Gasteiger charge is 2.46. The largest absolute Gasteiger partial charge is 0.484 e. The van der Waals surface area contributed by atoms with E-state index in [0.29, 0.717) is 18.2 Å². The molecule has 0 fully saturated rings. The van der Waals surface area contributed by atoms with Gasteiger partial charge in [-0.25, -0.2) is 13.0 Å². The van der Waals surface area contributed by atoms with Crippen LogP contribution in [0.3, 0.4) is 0 Å². The van der Waals surface area contributed by atoms with Crippen molar-refractivity contribution in [2.24, 2.45) is 4.36 Å². The van der Waals surface area contributed by atoms with E-state index in [1.54, 1.807) is 0 Å². The first-order valence-electron chi connectivity index (χ1n) is 7.62. The third-order valence-electron chi connectivity index (χ3n) is 3.54. The molecule has 0 saturated carbocycles. The summed E-state index contributed by atoms with van der Waals surface area (Å²) in [6, 6.07) is 5.17. The average Bonchev–Trinajstić information content (AvgIpc) is 3.11. The molecule has 1 aromatic heterocycles. The Morgan fingerprint density at radius 1 is 0.933 bits per heavy atom. The lowest BCUT2D eigenvalue weighted by Crippen LogP contribution is -2.24. The maximum Gasteiger partial charge on any atom is 0.484 e. The molecule has 5 nitrogen and oxygen atoms in total. The van der Waals surface area contributed by atoms with Gasteiger partial charge in [-0.1, -0.05) is 17.3 Å². The molecule has 160 valence electrons. The summed E-state index contributed by atoms with van der Waals surface area (Å²) in [4.78, 5) is 1.70. The van der Waals surface area contributed by atoms with Crippen LogP contribution in [-0.4, -0.2) is 19.9 Å². The van der Waals surface area contributed by atoms with Crippen LogP contribution in [0.2, 0.25) is 0 Å². The third-order valence-corrected chi connectivity index (χ3v) is 5.57. The lowest BCUT2D eigenvalue weighted by atomic mass is 10.2. The molecule has 0 radical (unpaired) electrons. The minimum absolute atomic E-state index is 0.366. The lowest BCUT2D eigenvalue weighted by Gasteiger charge is -2.14. The van der Waals surface area contributed by atoms with Crippen molar-refractivity contribution >= 4 is 15.4 Å². The summed E-state index contributed by atoms with van der Waals surface area (Å²) in [6.45, 7) is 0. The fourth-order valence-electron chi connectivity index (χ4n) is 2.23. The predicted octanol–water partition coefficient (Wildman–Crippen LogP) is 5.71. The molecule has 0 aliphatic heterocycles. The second kappa shape index (κ2) is 7.34. The summed E-state index contributed by atoms with van der Waals surface area (Å²) in [5.74, 6) is -5.39. The number of halogens is 8. The van der Waals surface area contributed by atoms with Gasteiger partial charge in [0, 0.05) is 6.07 Å². The summed E-state index contributed by atoms with van der Waals surface area (Å²) >= 11 is 0. The second-order valence-electron chi connectivity index (χ2n) is 5.58. The molecule has 0 amide bonds. The van der Waals surface area contributed by atoms with Gasteiger partial charge in [-0.3, -0.25) is 0 Å². The van der Waals surface area contributed by atoms with E-state index in [0.717, 1.165) is 24.3 Å². The summed E-state index contributed by atoms with van der Waals surface area (Å²) < 4.78 is 125. The van der Waals surface area contributed by atoms with Gasteiger partial charge >= 0.3 is 17.6 Å². The maximum atomic E-state index is 14.3. The van der Waals surface area contributed by atoms with Gasteiger partial charge in [0.25, 0.3) is 0 Å². The number of aromatic nitrogens is 2. The Kier molecular flexibility index (Phi) is 5.30. The van der Waals surface area contributed by atoms with E-state index >= 15 is 0 Å². The van der Waals surface area contributed by atoms with Gasteiger partial charge in [-0.15, -0.1) is 0 Å². The van der Waals surface area contributed by atoms with Crippen molar-refractivity contribution in [3.8, 4) is 11.4 Å². The number of rotatable bonds is 3. The van der Waals surface area contributed by atoms with Crippen molar-refractivity contribution in [2.45, 2.75) is 16.6 Å². The van der Waals surface area contributed by atoms with E-state index in [2.05, 4.69) is 19.0 Å². The zero-order valence-electron chi connectivity index (χ0n) is 14.1. The van der Waals surface area contributed by atoms with Crippen LogP contribution in [-0.2, 0) is 15.9 Å².